The van der Waals surface area contributed by atoms with Crippen molar-refractivity contribution in [1.29, 1.82) is 0 Å². The maximum Gasteiger partial charge on any atom is 0.428 e. The lowest BCUT2D eigenvalue weighted by Gasteiger charge is -2.19. The van der Waals surface area contributed by atoms with Gasteiger partial charge in [0.15, 0.2) is 0 Å². The van der Waals surface area contributed by atoms with Gasteiger partial charge in [0.25, 0.3) is 0 Å². The fraction of sp³-hybridized carbons (Fsp3) is 0.778. The van der Waals surface area contributed by atoms with Gasteiger partial charge in [-0.3, -0.25) is 0 Å². The molecule has 0 aromatic heterocycles. The van der Waals surface area contributed by atoms with Gasteiger partial charge in [0.1, 0.15) is 5.60 Å². The maximum atomic E-state index is 11.1. The minimum absolute atomic E-state index is 0. The van der Waals surface area contributed by atoms with Gasteiger partial charge in [-0.25, -0.2) is 10.2 Å². The van der Waals surface area contributed by atoms with Crippen LogP contribution in [0.2, 0.25) is 0 Å². The summed E-state index contributed by atoms with van der Waals surface area (Å²) in [7, 11) is 0. The average Bonchev–Trinajstić information content (AvgIpc) is 1.78. The van der Waals surface area contributed by atoms with Gasteiger partial charge in [-0.15, -0.1) is 0 Å². The van der Waals surface area contributed by atoms with Crippen molar-refractivity contribution in [2.24, 2.45) is 5.10 Å². The number of nitrogens with one attached hydrogen (secondary N) is 1. The average molecular weight is 186 g/mol. The van der Waals surface area contributed by atoms with Crippen molar-refractivity contribution >= 4 is 11.8 Å². The topological polar surface area (TPSA) is 50.7 Å². The molecule has 1 aliphatic rings. The lowest BCUT2D eigenvalue weighted by atomic mass is 9.98. The molecule has 0 atom stereocenters. The van der Waals surface area contributed by atoms with Crippen LogP contribution < -0.4 is 5.43 Å². The summed E-state index contributed by atoms with van der Waals surface area (Å²) in [6, 6.07) is 0. The number of carbonyl (C=O) groups is 1. The zero-order chi connectivity index (χ0) is 9.90. The van der Waals surface area contributed by atoms with Gasteiger partial charge in [-0.05, 0) is 40.0 Å². The van der Waals surface area contributed by atoms with Crippen molar-refractivity contribution in [1.82, 2.24) is 5.43 Å². The summed E-state index contributed by atoms with van der Waals surface area (Å²) in [5.74, 6) is 0. The van der Waals surface area contributed by atoms with E-state index in [1.807, 2.05) is 20.8 Å². The predicted molar refractivity (Wildman–Crippen MR) is 52.8 cm³/mol. The number of nitrogens with zero attached hydrogens (tertiary/aromatic N) is 1. The molecule has 0 unspecified atom stereocenters. The molecular weight excluding hydrogens is 168 g/mol. The predicted octanol–water partition coefficient (Wildman–Crippen LogP) is 2.30. The Hall–Kier alpha value is -1.06. The van der Waals surface area contributed by atoms with Crippen LogP contribution in [0.15, 0.2) is 5.10 Å². The van der Waals surface area contributed by atoms with Crippen molar-refractivity contribution in [2.45, 2.75) is 45.6 Å². The fourth-order valence-electron chi connectivity index (χ4n) is 0.872. The third kappa shape index (κ3) is 3.92. The van der Waals surface area contributed by atoms with Crippen molar-refractivity contribution in [2.75, 3.05) is 0 Å². The SMILES string of the molecule is CC(C)(C)OC(=O)NN=C1CCC1.[HH]. The summed E-state index contributed by atoms with van der Waals surface area (Å²) in [6.07, 6.45) is 2.69. The van der Waals surface area contributed by atoms with E-state index in [4.69, 9.17) is 4.74 Å². The number of ether oxygens (including phenoxy) is 1. The van der Waals surface area contributed by atoms with Gasteiger partial charge in [-0.1, -0.05) is 0 Å². The molecular formula is C9H18N2O2. The Labute approximate surface area is 79.8 Å². The van der Waals surface area contributed by atoms with E-state index in [2.05, 4.69) is 10.5 Å². The highest BCUT2D eigenvalue weighted by Crippen LogP contribution is 2.13. The van der Waals surface area contributed by atoms with Crippen LogP contribution in [0, 0.1) is 0 Å². The molecule has 1 fully saturated rings. The lowest BCUT2D eigenvalue weighted by molar-refractivity contribution is 0.0528. The van der Waals surface area contributed by atoms with Crippen LogP contribution >= 0.6 is 0 Å². The molecule has 0 spiro atoms. The highest BCUT2D eigenvalue weighted by Gasteiger charge is 2.16. The molecule has 1 amide bonds. The first kappa shape index (κ1) is 10.0. The van der Waals surface area contributed by atoms with Crippen molar-refractivity contribution in [3.63, 3.8) is 0 Å². The molecule has 13 heavy (non-hydrogen) atoms. The van der Waals surface area contributed by atoms with Crippen LogP contribution in [0.3, 0.4) is 0 Å². The van der Waals surface area contributed by atoms with Gasteiger partial charge in [0.05, 0.1) is 0 Å². The molecule has 1 rings (SSSR count). The van der Waals surface area contributed by atoms with E-state index in [9.17, 15) is 4.79 Å². The summed E-state index contributed by atoms with van der Waals surface area (Å²) in [4.78, 5) is 11.1. The van der Waals surface area contributed by atoms with Crippen LogP contribution in [0.1, 0.15) is 41.5 Å². The summed E-state index contributed by atoms with van der Waals surface area (Å²) >= 11 is 0. The Morgan fingerprint density at radius 1 is 1.54 bits per heavy atom. The van der Waals surface area contributed by atoms with E-state index in [1.54, 1.807) is 0 Å². The van der Waals surface area contributed by atoms with Gasteiger partial charge >= 0.3 is 6.09 Å². The Kier molecular flexibility index (Phi) is 2.90. The van der Waals surface area contributed by atoms with Gasteiger partial charge in [0, 0.05) is 7.14 Å². The van der Waals surface area contributed by atoms with E-state index >= 15 is 0 Å². The van der Waals surface area contributed by atoms with Crippen LogP contribution in [0.4, 0.5) is 4.79 Å². The maximum absolute atomic E-state index is 11.1. The standard InChI is InChI=1S/C9H16N2O2.H2/c1-9(2,3)13-8(12)11-10-7-5-4-6-7;/h4-6H2,1-3H3,(H,11,12);1H. The Morgan fingerprint density at radius 3 is 2.54 bits per heavy atom. The smallest absolute Gasteiger partial charge is 0.428 e. The zero-order valence-corrected chi connectivity index (χ0v) is 8.39. The van der Waals surface area contributed by atoms with Crippen molar-refractivity contribution in [3.05, 3.63) is 0 Å². The second-order valence-electron chi connectivity index (χ2n) is 4.15. The third-order valence-electron chi connectivity index (χ3n) is 1.63. The molecule has 0 bridgehead atoms. The van der Waals surface area contributed by atoms with E-state index in [0.29, 0.717) is 0 Å². The first-order valence-corrected chi connectivity index (χ1v) is 4.52. The van der Waals surface area contributed by atoms with Crippen LogP contribution in [-0.4, -0.2) is 17.4 Å². The molecule has 0 aromatic carbocycles. The van der Waals surface area contributed by atoms with E-state index in [0.717, 1.165) is 18.6 Å². The highest BCUT2D eigenvalue weighted by atomic mass is 16.6. The second kappa shape index (κ2) is 3.77. The van der Waals surface area contributed by atoms with Crippen LogP contribution in [-0.2, 0) is 4.74 Å². The van der Waals surface area contributed by atoms with Gasteiger partial charge < -0.3 is 4.74 Å². The molecule has 0 aliphatic heterocycles. The lowest BCUT2D eigenvalue weighted by Crippen LogP contribution is -2.31. The largest absolute Gasteiger partial charge is 0.443 e. The van der Waals surface area contributed by atoms with E-state index in [1.165, 1.54) is 6.42 Å². The third-order valence-corrected chi connectivity index (χ3v) is 1.63. The number of hydrogen-bond acceptors (Lipinski definition) is 3. The number of hydrogen-bond donors (Lipinski definition) is 1. The first-order valence-electron chi connectivity index (χ1n) is 4.52. The van der Waals surface area contributed by atoms with Gasteiger partial charge in [0.2, 0.25) is 0 Å². The fourth-order valence-corrected chi connectivity index (χ4v) is 0.872. The molecule has 4 nitrogen and oxygen atoms in total. The van der Waals surface area contributed by atoms with Gasteiger partial charge in [-0.2, -0.15) is 5.10 Å². The number of amides is 1. The normalized spacial score (nSPS) is 16.1. The Balaban J connectivity index is 0.00000169. The monoisotopic (exact) mass is 186 g/mol. The Morgan fingerprint density at radius 2 is 2.15 bits per heavy atom. The molecule has 4 heteroatoms. The number of rotatable bonds is 1. The van der Waals surface area contributed by atoms with E-state index in [-0.39, 0.29) is 1.43 Å². The minimum atomic E-state index is -0.480. The molecule has 1 aliphatic carbocycles. The van der Waals surface area contributed by atoms with E-state index < -0.39 is 11.7 Å². The second-order valence-corrected chi connectivity index (χ2v) is 4.15. The van der Waals surface area contributed by atoms with Crippen LogP contribution in [0.25, 0.3) is 0 Å². The molecule has 1 N–H and O–H groups in total. The first-order chi connectivity index (χ1) is 5.97. The number of hydrazone groups is 1. The summed E-state index contributed by atoms with van der Waals surface area (Å²) in [5, 5.41) is 3.91. The minimum Gasteiger partial charge on any atom is -0.443 e. The quantitative estimate of drug-likeness (QED) is 0.639. The molecule has 0 aromatic rings. The summed E-state index contributed by atoms with van der Waals surface area (Å²) in [6.45, 7) is 5.47. The van der Waals surface area contributed by atoms with Crippen molar-refractivity contribution < 1.29 is 11.0 Å². The Bertz CT molecular complexity index is 227. The van der Waals surface area contributed by atoms with Crippen molar-refractivity contribution in [3.8, 4) is 0 Å². The highest BCUT2D eigenvalue weighted by molar-refractivity contribution is 5.89. The molecule has 0 radical (unpaired) electrons. The number of carbonyl (C=O) groups excluding carboxylic acids is 1. The molecule has 1 saturated carbocycles. The molecule has 0 heterocycles. The van der Waals surface area contributed by atoms with Crippen LogP contribution in [0.5, 0.6) is 0 Å². The summed E-state index contributed by atoms with van der Waals surface area (Å²) < 4.78 is 5.00. The molecule has 0 saturated heterocycles. The molecule has 76 valence electrons. The summed E-state index contributed by atoms with van der Waals surface area (Å²) in [5.41, 5.74) is 2.96. The zero-order valence-electron chi connectivity index (χ0n) is 8.39.